The summed E-state index contributed by atoms with van der Waals surface area (Å²) in [6, 6.07) is 1.74. The second-order valence-electron chi connectivity index (χ2n) is 4.03. The van der Waals surface area contributed by atoms with Crippen molar-refractivity contribution in [3.63, 3.8) is 0 Å². The Labute approximate surface area is 105 Å². The first-order chi connectivity index (χ1) is 7.96. The lowest BCUT2D eigenvalue weighted by molar-refractivity contribution is 0.0996. The lowest BCUT2D eigenvalue weighted by Gasteiger charge is -2.22. The highest BCUT2D eigenvalue weighted by molar-refractivity contribution is 7.98. The molecule has 0 amide bonds. The maximum atomic E-state index is 10.00. The van der Waals surface area contributed by atoms with E-state index in [2.05, 4.69) is 20.6 Å². The molecule has 1 heterocycles. The van der Waals surface area contributed by atoms with Crippen molar-refractivity contribution in [2.75, 3.05) is 42.0 Å². The number of anilines is 3. The zero-order chi connectivity index (χ0) is 12.9. The van der Waals surface area contributed by atoms with E-state index < -0.39 is 5.60 Å². The van der Waals surface area contributed by atoms with Gasteiger partial charge in [-0.25, -0.2) is 0 Å². The molecule has 0 aliphatic heterocycles. The molecule has 0 bridgehead atoms. The predicted octanol–water partition coefficient (Wildman–Crippen LogP) is 0.626. The molecule has 1 unspecified atom stereocenters. The Morgan fingerprint density at radius 3 is 2.71 bits per heavy atom. The SMILES string of the molecule is CNc1cc(NCC(C)(O)CSC)nc(N)n1. The lowest BCUT2D eigenvalue weighted by atomic mass is 10.1. The molecule has 6 nitrogen and oxygen atoms in total. The van der Waals surface area contributed by atoms with E-state index in [1.807, 2.05) is 6.26 Å². The van der Waals surface area contributed by atoms with Crippen molar-refractivity contribution < 1.29 is 5.11 Å². The zero-order valence-corrected chi connectivity index (χ0v) is 11.1. The van der Waals surface area contributed by atoms with Gasteiger partial charge in [-0.3, -0.25) is 0 Å². The van der Waals surface area contributed by atoms with Gasteiger partial charge in [-0.15, -0.1) is 0 Å². The maximum absolute atomic E-state index is 10.00. The topological polar surface area (TPSA) is 96.1 Å². The Kier molecular flexibility index (Phi) is 4.83. The highest BCUT2D eigenvalue weighted by Crippen LogP contribution is 2.15. The van der Waals surface area contributed by atoms with Crippen molar-refractivity contribution in [1.82, 2.24) is 9.97 Å². The Morgan fingerprint density at radius 1 is 1.47 bits per heavy atom. The predicted molar refractivity (Wildman–Crippen MR) is 73.5 cm³/mol. The molecule has 0 radical (unpaired) electrons. The standard InChI is InChI=1S/C10H19N5OS/c1-10(16,6-17-3)5-13-8-4-7(12-2)14-9(11)15-8/h4,16H,5-6H2,1-3H3,(H4,11,12,13,14,15). The van der Waals surface area contributed by atoms with E-state index >= 15 is 0 Å². The van der Waals surface area contributed by atoms with Gasteiger partial charge in [0.25, 0.3) is 0 Å². The van der Waals surface area contributed by atoms with E-state index in [9.17, 15) is 5.11 Å². The Balaban J connectivity index is 2.65. The summed E-state index contributed by atoms with van der Waals surface area (Å²) in [4.78, 5) is 8.02. The second-order valence-corrected chi connectivity index (χ2v) is 4.90. The van der Waals surface area contributed by atoms with Crippen molar-refractivity contribution in [3.05, 3.63) is 6.07 Å². The van der Waals surface area contributed by atoms with Crippen LogP contribution in [0.25, 0.3) is 0 Å². The molecule has 0 spiro atoms. The maximum Gasteiger partial charge on any atom is 0.223 e. The number of aliphatic hydroxyl groups is 1. The van der Waals surface area contributed by atoms with Crippen molar-refractivity contribution in [2.45, 2.75) is 12.5 Å². The summed E-state index contributed by atoms with van der Waals surface area (Å²) in [5, 5.41) is 15.9. The van der Waals surface area contributed by atoms with E-state index in [4.69, 9.17) is 5.73 Å². The summed E-state index contributed by atoms with van der Waals surface area (Å²) in [6.45, 7) is 2.19. The van der Waals surface area contributed by atoms with Crippen LogP contribution in [-0.2, 0) is 0 Å². The number of nitrogens with two attached hydrogens (primary N) is 1. The Bertz CT molecular complexity index is 372. The van der Waals surface area contributed by atoms with Gasteiger partial charge in [0, 0.05) is 25.4 Å². The summed E-state index contributed by atoms with van der Waals surface area (Å²) in [7, 11) is 1.76. The molecule has 0 saturated heterocycles. The molecule has 0 aromatic carbocycles. The summed E-state index contributed by atoms with van der Waals surface area (Å²) in [5.41, 5.74) is 4.79. The lowest BCUT2D eigenvalue weighted by Crippen LogP contribution is -2.36. The Hall–Kier alpha value is -1.21. The molecule has 1 aromatic heterocycles. The number of rotatable bonds is 6. The molecule has 5 N–H and O–H groups in total. The zero-order valence-electron chi connectivity index (χ0n) is 10.3. The van der Waals surface area contributed by atoms with E-state index in [0.29, 0.717) is 23.9 Å². The van der Waals surface area contributed by atoms with Gasteiger partial charge in [0.1, 0.15) is 11.6 Å². The number of hydrogen-bond donors (Lipinski definition) is 4. The van der Waals surface area contributed by atoms with Gasteiger partial charge in [-0.1, -0.05) is 0 Å². The monoisotopic (exact) mass is 257 g/mol. The van der Waals surface area contributed by atoms with Crippen LogP contribution in [0.15, 0.2) is 6.07 Å². The number of thioether (sulfide) groups is 1. The first-order valence-electron chi connectivity index (χ1n) is 5.24. The third-order valence-corrected chi connectivity index (χ3v) is 3.02. The number of hydrogen-bond acceptors (Lipinski definition) is 7. The summed E-state index contributed by atoms with van der Waals surface area (Å²) >= 11 is 1.59. The molecule has 0 fully saturated rings. The van der Waals surface area contributed by atoms with Gasteiger partial charge in [0.15, 0.2) is 0 Å². The molecule has 1 rings (SSSR count). The smallest absolute Gasteiger partial charge is 0.223 e. The fourth-order valence-corrected chi connectivity index (χ4v) is 2.05. The van der Waals surface area contributed by atoms with E-state index in [0.717, 1.165) is 0 Å². The molecule has 96 valence electrons. The molecule has 1 atom stereocenters. The minimum Gasteiger partial charge on any atom is -0.387 e. The fourth-order valence-electron chi connectivity index (χ4n) is 1.33. The largest absolute Gasteiger partial charge is 0.387 e. The molecule has 0 saturated carbocycles. The number of nitrogen functional groups attached to an aromatic ring is 1. The molecular formula is C10H19N5OS. The van der Waals surface area contributed by atoms with Crippen LogP contribution < -0.4 is 16.4 Å². The van der Waals surface area contributed by atoms with Crippen molar-refractivity contribution in [3.8, 4) is 0 Å². The average molecular weight is 257 g/mol. The summed E-state index contributed by atoms with van der Waals surface area (Å²) in [5.74, 6) is 2.09. The first-order valence-corrected chi connectivity index (χ1v) is 6.64. The molecule has 0 aliphatic carbocycles. The Morgan fingerprint density at radius 2 is 2.12 bits per heavy atom. The molecule has 7 heteroatoms. The minimum atomic E-state index is -0.779. The van der Waals surface area contributed by atoms with Gasteiger partial charge in [0.2, 0.25) is 5.95 Å². The van der Waals surface area contributed by atoms with Crippen LogP contribution in [-0.4, -0.2) is 46.3 Å². The van der Waals surface area contributed by atoms with Crippen molar-refractivity contribution >= 4 is 29.3 Å². The number of nitrogens with one attached hydrogen (secondary N) is 2. The number of nitrogens with zero attached hydrogens (tertiary/aromatic N) is 2. The summed E-state index contributed by atoms with van der Waals surface area (Å²) < 4.78 is 0. The van der Waals surface area contributed by atoms with Crippen LogP contribution >= 0.6 is 11.8 Å². The third-order valence-electron chi connectivity index (χ3n) is 2.11. The van der Waals surface area contributed by atoms with Gasteiger partial charge >= 0.3 is 0 Å². The third kappa shape index (κ3) is 4.66. The quantitative estimate of drug-likeness (QED) is 0.593. The molecule has 1 aromatic rings. The van der Waals surface area contributed by atoms with Gasteiger partial charge in [-0.2, -0.15) is 21.7 Å². The van der Waals surface area contributed by atoms with E-state index in [1.54, 1.807) is 31.8 Å². The second kappa shape index (κ2) is 5.92. The highest BCUT2D eigenvalue weighted by Gasteiger charge is 2.19. The fraction of sp³-hybridized carbons (Fsp3) is 0.600. The van der Waals surface area contributed by atoms with Crippen LogP contribution in [0.2, 0.25) is 0 Å². The van der Waals surface area contributed by atoms with Gasteiger partial charge in [-0.05, 0) is 13.2 Å². The molecule has 0 aliphatic rings. The van der Waals surface area contributed by atoms with Crippen LogP contribution in [0.5, 0.6) is 0 Å². The molecular weight excluding hydrogens is 238 g/mol. The first kappa shape index (κ1) is 13.9. The molecule has 17 heavy (non-hydrogen) atoms. The van der Waals surface area contributed by atoms with Gasteiger partial charge < -0.3 is 21.5 Å². The van der Waals surface area contributed by atoms with Crippen LogP contribution in [0.1, 0.15) is 6.92 Å². The number of aromatic nitrogens is 2. The van der Waals surface area contributed by atoms with Crippen LogP contribution in [0, 0.1) is 0 Å². The van der Waals surface area contributed by atoms with Crippen LogP contribution in [0.3, 0.4) is 0 Å². The van der Waals surface area contributed by atoms with Gasteiger partial charge in [0.05, 0.1) is 5.60 Å². The average Bonchev–Trinajstić information content (AvgIpc) is 2.26. The van der Waals surface area contributed by atoms with Crippen LogP contribution in [0.4, 0.5) is 17.6 Å². The van der Waals surface area contributed by atoms with E-state index in [1.165, 1.54) is 0 Å². The van der Waals surface area contributed by atoms with Crippen molar-refractivity contribution in [1.29, 1.82) is 0 Å². The highest BCUT2D eigenvalue weighted by atomic mass is 32.2. The normalized spacial score (nSPS) is 14.1. The minimum absolute atomic E-state index is 0.198. The summed E-state index contributed by atoms with van der Waals surface area (Å²) in [6.07, 6.45) is 1.95. The van der Waals surface area contributed by atoms with E-state index in [-0.39, 0.29) is 5.95 Å². The van der Waals surface area contributed by atoms with Crippen molar-refractivity contribution in [2.24, 2.45) is 0 Å².